The van der Waals surface area contributed by atoms with Crippen LogP contribution in [0.4, 0.5) is 11.6 Å². The minimum atomic E-state index is -0.133. The van der Waals surface area contributed by atoms with Crippen LogP contribution in [0.3, 0.4) is 0 Å². The zero-order valence-corrected chi connectivity index (χ0v) is 13.7. The Morgan fingerprint density at radius 1 is 1.29 bits per heavy atom. The van der Waals surface area contributed by atoms with E-state index in [9.17, 15) is 0 Å². The highest BCUT2D eigenvalue weighted by molar-refractivity contribution is 5.56. The van der Waals surface area contributed by atoms with Crippen LogP contribution < -0.4 is 10.6 Å². The van der Waals surface area contributed by atoms with E-state index in [1.54, 1.807) is 4.68 Å². The standard InChI is InChI=1S/C15H24N6/c1-10-12(16)18-14(15(2,3)4)19-13(10)20(5)8-11-7-17-21(6)9-11/h7,9H,8H2,1-6H3,(H2,16,18,19). The van der Waals surface area contributed by atoms with E-state index in [0.717, 1.165) is 29.3 Å². The van der Waals surface area contributed by atoms with Gasteiger partial charge in [-0.25, -0.2) is 9.97 Å². The van der Waals surface area contributed by atoms with Crippen LogP contribution in [-0.2, 0) is 19.0 Å². The maximum absolute atomic E-state index is 6.06. The monoisotopic (exact) mass is 288 g/mol. The van der Waals surface area contributed by atoms with Crippen LogP contribution in [-0.4, -0.2) is 26.8 Å². The third kappa shape index (κ3) is 3.32. The van der Waals surface area contributed by atoms with E-state index < -0.39 is 0 Å². The fourth-order valence-electron chi connectivity index (χ4n) is 2.13. The molecule has 0 radical (unpaired) electrons. The average Bonchev–Trinajstić information content (AvgIpc) is 2.76. The molecule has 0 unspecified atom stereocenters. The Bertz CT molecular complexity index is 638. The van der Waals surface area contributed by atoms with Gasteiger partial charge in [-0.05, 0) is 6.92 Å². The Balaban J connectivity index is 2.35. The van der Waals surface area contributed by atoms with Gasteiger partial charge in [-0.2, -0.15) is 5.10 Å². The van der Waals surface area contributed by atoms with Crippen molar-refractivity contribution >= 4 is 11.6 Å². The zero-order chi connectivity index (χ0) is 15.8. The lowest BCUT2D eigenvalue weighted by Crippen LogP contribution is -2.24. The van der Waals surface area contributed by atoms with Gasteiger partial charge >= 0.3 is 0 Å². The second-order valence-electron chi connectivity index (χ2n) is 6.51. The number of aromatic nitrogens is 4. The summed E-state index contributed by atoms with van der Waals surface area (Å²) in [6, 6.07) is 0. The van der Waals surface area contributed by atoms with Crippen molar-refractivity contribution < 1.29 is 0 Å². The van der Waals surface area contributed by atoms with Crippen molar-refractivity contribution in [1.82, 2.24) is 19.7 Å². The molecule has 0 fully saturated rings. The van der Waals surface area contributed by atoms with Crippen LogP contribution in [0.5, 0.6) is 0 Å². The van der Waals surface area contributed by atoms with E-state index in [4.69, 9.17) is 10.7 Å². The van der Waals surface area contributed by atoms with Gasteiger partial charge in [0, 0.05) is 43.4 Å². The molecule has 0 saturated heterocycles. The van der Waals surface area contributed by atoms with Crippen molar-refractivity contribution in [2.45, 2.75) is 39.7 Å². The highest BCUT2D eigenvalue weighted by atomic mass is 15.2. The molecule has 0 spiro atoms. The molecule has 2 N–H and O–H groups in total. The summed E-state index contributed by atoms with van der Waals surface area (Å²) in [5, 5.41) is 4.19. The number of anilines is 2. The Labute approximate surface area is 126 Å². The SMILES string of the molecule is Cc1c(N)nc(C(C)(C)C)nc1N(C)Cc1cnn(C)c1. The van der Waals surface area contributed by atoms with Crippen molar-refractivity contribution in [3.05, 3.63) is 29.3 Å². The first-order valence-corrected chi connectivity index (χ1v) is 7.01. The van der Waals surface area contributed by atoms with Gasteiger partial charge in [-0.3, -0.25) is 4.68 Å². The molecular formula is C15H24N6. The number of hydrogen-bond donors (Lipinski definition) is 1. The van der Waals surface area contributed by atoms with Gasteiger partial charge in [0.05, 0.1) is 6.20 Å². The molecule has 0 amide bonds. The highest BCUT2D eigenvalue weighted by Gasteiger charge is 2.21. The van der Waals surface area contributed by atoms with Crippen molar-refractivity contribution in [1.29, 1.82) is 0 Å². The van der Waals surface area contributed by atoms with Crippen LogP contribution in [0.25, 0.3) is 0 Å². The number of aryl methyl sites for hydroxylation is 1. The van der Waals surface area contributed by atoms with Crippen LogP contribution in [0.1, 0.15) is 37.7 Å². The van der Waals surface area contributed by atoms with Gasteiger partial charge < -0.3 is 10.6 Å². The molecule has 0 aliphatic rings. The molecule has 0 saturated carbocycles. The molecule has 0 bridgehead atoms. The molecule has 6 heteroatoms. The van der Waals surface area contributed by atoms with Crippen LogP contribution in [0, 0.1) is 6.92 Å². The van der Waals surface area contributed by atoms with Gasteiger partial charge in [0.25, 0.3) is 0 Å². The van der Waals surface area contributed by atoms with E-state index in [0.29, 0.717) is 5.82 Å². The average molecular weight is 288 g/mol. The molecule has 2 rings (SSSR count). The summed E-state index contributed by atoms with van der Waals surface area (Å²) in [6.45, 7) is 8.94. The lowest BCUT2D eigenvalue weighted by atomic mass is 9.95. The molecule has 0 aliphatic carbocycles. The number of nitrogens with two attached hydrogens (primary N) is 1. The van der Waals surface area contributed by atoms with E-state index >= 15 is 0 Å². The molecule has 2 aromatic heterocycles. The van der Waals surface area contributed by atoms with Gasteiger partial charge in [0.15, 0.2) is 0 Å². The van der Waals surface area contributed by atoms with Crippen molar-refractivity contribution in [3.63, 3.8) is 0 Å². The molecule has 0 atom stereocenters. The fourth-order valence-corrected chi connectivity index (χ4v) is 2.13. The van der Waals surface area contributed by atoms with E-state index in [-0.39, 0.29) is 5.41 Å². The molecule has 0 aromatic carbocycles. The lowest BCUT2D eigenvalue weighted by molar-refractivity contribution is 0.545. The summed E-state index contributed by atoms with van der Waals surface area (Å²) in [5.41, 5.74) is 7.97. The molecule has 0 aliphatic heterocycles. The van der Waals surface area contributed by atoms with Gasteiger partial charge in [-0.15, -0.1) is 0 Å². The Morgan fingerprint density at radius 2 is 1.95 bits per heavy atom. The fraction of sp³-hybridized carbons (Fsp3) is 0.533. The van der Waals surface area contributed by atoms with E-state index in [1.807, 2.05) is 33.4 Å². The molecule has 21 heavy (non-hydrogen) atoms. The normalized spacial score (nSPS) is 11.7. The third-order valence-electron chi connectivity index (χ3n) is 3.37. The summed E-state index contributed by atoms with van der Waals surface area (Å²) in [6.07, 6.45) is 3.86. The summed E-state index contributed by atoms with van der Waals surface area (Å²) < 4.78 is 1.80. The number of nitrogens with zero attached hydrogens (tertiary/aromatic N) is 5. The summed E-state index contributed by atoms with van der Waals surface area (Å²) in [5.74, 6) is 2.18. The Morgan fingerprint density at radius 3 is 2.48 bits per heavy atom. The van der Waals surface area contributed by atoms with Gasteiger partial charge in [0.1, 0.15) is 17.5 Å². The van der Waals surface area contributed by atoms with Crippen LogP contribution >= 0.6 is 0 Å². The Hall–Kier alpha value is -2.11. The molecule has 2 heterocycles. The quantitative estimate of drug-likeness (QED) is 0.935. The Kier molecular flexibility index (Phi) is 3.89. The number of nitrogen functional groups attached to an aromatic ring is 1. The van der Waals surface area contributed by atoms with Crippen molar-refractivity contribution in [2.24, 2.45) is 7.05 Å². The first kappa shape index (κ1) is 15.3. The van der Waals surface area contributed by atoms with Crippen molar-refractivity contribution in [3.8, 4) is 0 Å². The summed E-state index contributed by atoms with van der Waals surface area (Å²) in [7, 11) is 3.92. The number of rotatable bonds is 3. The molecular weight excluding hydrogens is 264 g/mol. The predicted molar refractivity (Wildman–Crippen MR) is 85.2 cm³/mol. The molecule has 2 aromatic rings. The minimum Gasteiger partial charge on any atom is -0.383 e. The summed E-state index contributed by atoms with van der Waals surface area (Å²) >= 11 is 0. The predicted octanol–water partition coefficient (Wildman–Crippen LogP) is 2.03. The van der Waals surface area contributed by atoms with E-state index in [2.05, 4.69) is 35.8 Å². The third-order valence-corrected chi connectivity index (χ3v) is 3.37. The molecule has 114 valence electrons. The lowest BCUT2D eigenvalue weighted by Gasteiger charge is -2.24. The van der Waals surface area contributed by atoms with Gasteiger partial charge in [-0.1, -0.05) is 20.8 Å². The second-order valence-corrected chi connectivity index (χ2v) is 6.51. The van der Waals surface area contributed by atoms with E-state index in [1.165, 1.54) is 0 Å². The molecule has 6 nitrogen and oxygen atoms in total. The number of hydrogen-bond acceptors (Lipinski definition) is 5. The van der Waals surface area contributed by atoms with Gasteiger partial charge in [0.2, 0.25) is 0 Å². The summed E-state index contributed by atoms with van der Waals surface area (Å²) in [4.78, 5) is 11.2. The van der Waals surface area contributed by atoms with Crippen LogP contribution in [0.15, 0.2) is 12.4 Å². The maximum Gasteiger partial charge on any atom is 0.138 e. The first-order valence-electron chi connectivity index (χ1n) is 7.01. The zero-order valence-electron chi connectivity index (χ0n) is 13.7. The maximum atomic E-state index is 6.06. The minimum absolute atomic E-state index is 0.133. The highest BCUT2D eigenvalue weighted by Crippen LogP contribution is 2.27. The smallest absolute Gasteiger partial charge is 0.138 e. The van der Waals surface area contributed by atoms with Crippen molar-refractivity contribution in [2.75, 3.05) is 17.7 Å². The largest absolute Gasteiger partial charge is 0.383 e. The topological polar surface area (TPSA) is 72.9 Å². The first-order chi connectivity index (χ1) is 9.68. The second kappa shape index (κ2) is 5.35. The van der Waals surface area contributed by atoms with Crippen LogP contribution in [0.2, 0.25) is 0 Å².